The van der Waals surface area contributed by atoms with E-state index in [2.05, 4.69) is 43.3 Å². The predicted molar refractivity (Wildman–Crippen MR) is 145 cm³/mol. The second-order valence-electron chi connectivity index (χ2n) is 11.9. The Bertz CT molecular complexity index is 1230. The summed E-state index contributed by atoms with van der Waals surface area (Å²) in [5.74, 6) is -1.86. The summed E-state index contributed by atoms with van der Waals surface area (Å²) in [7, 11) is -0.728. The molecule has 0 saturated carbocycles. The Hall–Kier alpha value is -1.93. The van der Waals surface area contributed by atoms with Gasteiger partial charge in [-0.05, 0) is 53.3 Å². The van der Waals surface area contributed by atoms with Gasteiger partial charge in [-0.3, -0.25) is 9.59 Å². The molecule has 2 aromatic rings. The number of hydrogen-bond acceptors (Lipinski definition) is 3. The van der Waals surface area contributed by atoms with Crippen molar-refractivity contribution in [1.29, 1.82) is 0 Å². The minimum absolute atomic E-state index is 0.0327. The predicted octanol–water partition coefficient (Wildman–Crippen LogP) is 5.24. The van der Waals surface area contributed by atoms with Crippen LogP contribution >= 0.6 is 23.2 Å². The molecular formula is C27H32Cl2FN3O2Si. The monoisotopic (exact) mass is 547 g/mol. The minimum atomic E-state index is -1.22. The van der Waals surface area contributed by atoms with E-state index in [9.17, 15) is 9.59 Å². The number of rotatable bonds is 4. The van der Waals surface area contributed by atoms with Gasteiger partial charge < -0.3 is 16.0 Å². The smallest absolute Gasteiger partial charge is 0.238 e. The standard InChI is InChI=1S/C27H32Cl2FN3O2Si/c1-26(2,3)11-20-27(17-9-8-14(28)10-19(17)32-25(27)35)21(16-6-5-7-18(29)22(16)30)23(33-20)24(34)31-15-12-36(4)13-15/h5-10,15,20-21,23,33,36H,11-13H2,1-4H3,(H,31,34)(H,32,35)/t15?,20-,21-,23+,27+,36?/m0/s1. The van der Waals surface area contributed by atoms with Crippen LogP contribution in [0.4, 0.5) is 10.1 Å². The Morgan fingerprint density at radius 2 is 1.94 bits per heavy atom. The molecule has 5 rings (SSSR count). The van der Waals surface area contributed by atoms with Crippen molar-refractivity contribution in [3.05, 3.63) is 63.4 Å². The van der Waals surface area contributed by atoms with E-state index in [1.165, 1.54) is 6.07 Å². The van der Waals surface area contributed by atoms with Gasteiger partial charge in [-0.15, -0.1) is 0 Å². The molecule has 2 amide bonds. The van der Waals surface area contributed by atoms with Crippen molar-refractivity contribution in [3.63, 3.8) is 0 Å². The maximum atomic E-state index is 15.7. The third-order valence-electron chi connectivity index (χ3n) is 7.94. The highest BCUT2D eigenvalue weighted by Crippen LogP contribution is 2.57. The summed E-state index contributed by atoms with van der Waals surface area (Å²) in [5.41, 5.74) is 0.199. The van der Waals surface area contributed by atoms with Crippen molar-refractivity contribution < 1.29 is 14.0 Å². The van der Waals surface area contributed by atoms with Gasteiger partial charge in [0.05, 0.1) is 11.1 Å². The van der Waals surface area contributed by atoms with Gasteiger partial charge in [0.15, 0.2) is 0 Å². The van der Waals surface area contributed by atoms with Crippen LogP contribution in [0.5, 0.6) is 0 Å². The van der Waals surface area contributed by atoms with Gasteiger partial charge in [0.2, 0.25) is 11.8 Å². The summed E-state index contributed by atoms with van der Waals surface area (Å²) in [6, 6.07) is 11.1. The van der Waals surface area contributed by atoms with E-state index in [1.807, 2.05) is 6.07 Å². The fraction of sp³-hybridized carbons (Fsp3) is 0.481. The van der Waals surface area contributed by atoms with E-state index < -0.39 is 38.0 Å². The molecule has 0 radical (unpaired) electrons. The number of anilines is 1. The van der Waals surface area contributed by atoms with Crippen LogP contribution in [-0.2, 0) is 15.0 Å². The van der Waals surface area contributed by atoms with E-state index in [1.54, 1.807) is 24.3 Å². The zero-order chi connectivity index (χ0) is 26.0. The fourth-order valence-electron chi connectivity index (χ4n) is 6.46. The molecule has 2 saturated heterocycles. The lowest BCUT2D eigenvalue weighted by Gasteiger charge is -2.38. The van der Waals surface area contributed by atoms with Crippen LogP contribution in [0.2, 0.25) is 28.7 Å². The molecule has 0 unspecified atom stereocenters. The van der Waals surface area contributed by atoms with E-state index in [0.29, 0.717) is 17.1 Å². The van der Waals surface area contributed by atoms with Crippen LogP contribution in [0.25, 0.3) is 0 Å². The highest BCUT2D eigenvalue weighted by atomic mass is 35.5. The van der Waals surface area contributed by atoms with Gasteiger partial charge in [-0.25, -0.2) is 4.39 Å². The van der Waals surface area contributed by atoms with Gasteiger partial charge >= 0.3 is 0 Å². The Morgan fingerprint density at radius 3 is 2.61 bits per heavy atom. The molecule has 3 aliphatic heterocycles. The zero-order valence-electron chi connectivity index (χ0n) is 20.9. The van der Waals surface area contributed by atoms with Crippen molar-refractivity contribution >= 4 is 49.5 Å². The van der Waals surface area contributed by atoms with E-state index >= 15 is 4.39 Å². The number of halogens is 3. The van der Waals surface area contributed by atoms with Crippen molar-refractivity contribution in [2.75, 3.05) is 5.32 Å². The molecule has 4 atom stereocenters. The number of fused-ring (bicyclic) bond motifs is 2. The number of amides is 2. The first kappa shape index (κ1) is 25.7. The molecule has 9 heteroatoms. The molecule has 3 heterocycles. The Morgan fingerprint density at radius 1 is 1.22 bits per heavy atom. The molecule has 1 spiro atoms. The Balaban J connectivity index is 1.71. The Labute approximate surface area is 223 Å². The number of nitrogens with one attached hydrogen (secondary N) is 3. The first-order chi connectivity index (χ1) is 16.9. The van der Waals surface area contributed by atoms with Crippen LogP contribution in [0.15, 0.2) is 36.4 Å². The molecule has 0 bridgehead atoms. The third kappa shape index (κ3) is 4.18. The number of hydrogen-bond donors (Lipinski definition) is 3. The van der Waals surface area contributed by atoms with E-state index in [0.717, 1.165) is 17.7 Å². The normalized spacial score (nSPS) is 31.2. The average Bonchev–Trinajstić information content (AvgIpc) is 3.23. The van der Waals surface area contributed by atoms with Crippen LogP contribution in [-0.4, -0.2) is 38.7 Å². The zero-order valence-corrected chi connectivity index (χ0v) is 23.6. The molecule has 5 nitrogen and oxygen atoms in total. The van der Waals surface area contributed by atoms with E-state index in [-0.39, 0.29) is 33.9 Å². The number of carbonyl (C=O) groups excluding carboxylic acids is 2. The van der Waals surface area contributed by atoms with Gasteiger partial charge in [0, 0.05) is 37.5 Å². The quantitative estimate of drug-likeness (QED) is 0.458. The van der Waals surface area contributed by atoms with Gasteiger partial charge in [0.1, 0.15) is 11.2 Å². The summed E-state index contributed by atoms with van der Waals surface area (Å²) < 4.78 is 15.7. The molecule has 192 valence electrons. The third-order valence-corrected chi connectivity index (χ3v) is 11.2. The second-order valence-corrected chi connectivity index (χ2v) is 15.9. The lowest BCUT2D eigenvalue weighted by molar-refractivity contribution is -0.124. The molecular weight excluding hydrogens is 516 g/mol. The molecule has 0 aromatic heterocycles. The summed E-state index contributed by atoms with van der Waals surface area (Å²) in [5, 5.41) is 10.2. The van der Waals surface area contributed by atoms with Crippen LogP contribution in [0.1, 0.15) is 44.2 Å². The number of carbonyl (C=O) groups is 2. The highest BCUT2D eigenvalue weighted by molar-refractivity contribution is 6.61. The summed E-state index contributed by atoms with van der Waals surface area (Å²) in [6.07, 6.45) is 0.596. The molecule has 3 aliphatic rings. The maximum Gasteiger partial charge on any atom is 0.238 e. The lowest BCUT2D eigenvalue weighted by Crippen LogP contribution is -2.53. The maximum absolute atomic E-state index is 15.7. The van der Waals surface area contributed by atoms with Gasteiger partial charge in [-0.1, -0.05) is 68.7 Å². The number of benzene rings is 2. The first-order valence-electron chi connectivity index (χ1n) is 12.5. The second kappa shape index (κ2) is 9.12. The molecule has 3 N–H and O–H groups in total. The minimum Gasteiger partial charge on any atom is -0.353 e. The molecule has 2 aromatic carbocycles. The van der Waals surface area contributed by atoms with Crippen molar-refractivity contribution in [2.24, 2.45) is 5.41 Å². The summed E-state index contributed by atoms with van der Waals surface area (Å²) >= 11 is 12.5. The van der Waals surface area contributed by atoms with Crippen molar-refractivity contribution in [3.8, 4) is 0 Å². The molecule has 0 aliphatic carbocycles. The average molecular weight is 549 g/mol. The summed E-state index contributed by atoms with van der Waals surface area (Å²) in [6.45, 7) is 8.59. The summed E-state index contributed by atoms with van der Waals surface area (Å²) in [4.78, 5) is 27.9. The van der Waals surface area contributed by atoms with Gasteiger partial charge in [0.25, 0.3) is 0 Å². The largest absolute Gasteiger partial charge is 0.353 e. The Kier molecular flexibility index (Phi) is 6.51. The fourth-order valence-corrected chi connectivity index (χ4v) is 8.86. The van der Waals surface area contributed by atoms with Crippen molar-refractivity contribution in [2.45, 2.75) is 75.3 Å². The van der Waals surface area contributed by atoms with Crippen LogP contribution < -0.4 is 16.0 Å². The highest BCUT2D eigenvalue weighted by Gasteiger charge is 2.66. The van der Waals surface area contributed by atoms with E-state index in [4.69, 9.17) is 23.2 Å². The van der Waals surface area contributed by atoms with Gasteiger partial charge in [-0.2, -0.15) is 0 Å². The van der Waals surface area contributed by atoms with Crippen molar-refractivity contribution in [1.82, 2.24) is 10.6 Å². The molecule has 36 heavy (non-hydrogen) atoms. The van der Waals surface area contributed by atoms with Crippen LogP contribution in [0, 0.1) is 11.2 Å². The SMILES string of the molecule is C[SiH]1CC(NC(=O)[C@@H]2N[C@@H](CC(C)(C)C)[C@@]3(C(=O)Nc4cc(Cl)ccc43)[C@H]2c2cccc(Cl)c2F)C1. The lowest BCUT2D eigenvalue weighted by atomic mass is 9.62. The first-order valence-corrected chi connectivity index (χ1v) is 16.1. The molecule has 2 fully saturated rings. The van der Waals surface area contributed by atoms with Crippen LogP contribution in [0.3, 0.4) is 0 Å². The topological polar surface area (TPSA) is 70.2 Å².